The fourth-order valence-electron chi connectivity index (χ4n) is 5.66. The Labute approximate surface area is 312 Å². The largest absolute Gasteiger partial charge is 0.417 e. The van der Waals surface area contributed by atoms with Crippen LogP contribution in [0.5, 0.6) is 0 Å². The number of nitrogens with one attached hydrogen (secondary N) is 2. The minimum Gasteiger partial charge on any atom is -0.293 e. The summed E-state index contributed by atoms with van der Waals surface area (Å²) in [5.74, 6) is 0. The normalized spacial score (nSPS) is 11.7. The number of nitrogens with zero attached hydrogens (tertiary/aromatic N) is 4. The number of benzene rings is 4. The van der Waals surface area contributed by atoms with Gasteiger partial charge >= 0.3 is 12.4 Å². The number of halogens is 6. The molecule has 0 aliphatic rings. The molecular weight excluding hydrogens is 743 g/mol. The fraction of sp³-hybridized carbons (Fsp3) is 0.0500. The van der Waals surface area contributed by atoms with Crippen molar-refractivity contribution in [1.82, 2.24) is 20.2 Å². The average Bonchev–Trinajstić information content (AvgIpc) is 3.68. The van der Waals surface area contributed by atoms with Gasteiger partial charge in [0.1, 0.15) is 20.8 Å². The molecule has 2 N–H and O–H groups in total. The van der Waals surface area contributed by atoms with Gasteiger partial charge in [-0.15, -0.1) is 10.2 Å². The Morgan fingerprint density at radius 2 is 1.04 bits per heavy atom. The summed E-state index contributed by atoms with van der Waals surface area (Å²) in [4.78, 5) is 8.84. The summed E-state index contributed by atoms with van der Waals surface area (Å²) in [7, 11) is 0. The van der Waals surface area contributed by atoms with Crippen molar-refractivity contribution in [3.63, 3.8) is 0 Å². The van der Waals surface area contributed by atoms with Crippen molar-refractivity contribution in [1.29, 1.82) is 10.8 Å². The van der Waals surface area contributed by atoms with Crippen molar-refractivity contribution in [2.24, 2.45) is 0 Å². The first-order valence-corrected chi connectivity index (χ1v) is 17.7. The van der Waals surface area contributed by atoms with Crippen molar-refractivity contribution >= 4 is 33.2 Å². The summed E-state index contributed by atoms with van der Waals surface area (Å²) in [6.07, 6.45) is -9.17. The Hall–Kier alpha value is -5.99. The smallest absolute Gasteiger partial charge is 0.293 e. The van der Waals surface area contributed by atoms with E-state index < -0.39 is 23.5 Å². The highest BCUT2D eigenvalue weighted by Gasteiger charge is 2.34. The van der Waals surface area contributed by atoms with Crippen LogP contribution < -0.4 is 0 Å². The summed E-state index contributed by atoms with van der Waals surface area (Å²) >= 11 is 1.96. The molecule has 3 aromatic heterocycles. The molecule has 3 heterocycles. The first-order valence-electron chi connectivity index (χ1n) is 16.0. The van der Waals surface area contributed by atoms with E-state index in [2.05, 4.69) is 20.2 Å². The monoisotopic (exact) mass is 766 g/mol. The predicted octanol–water partition coefficient (Wildman–Crippen LogP) is 11.8. The third kappa shape index (κ3) is 7.84. The molecule has 0 atom stereocenters. The predicted molar refractivity (Wildman–Crippen MR) is 200 cm³/mol. The van der Waals surface area contributed by atoms with Crippen LogP contribution in [0.1, 0.15) is 22.4 Å². The molecule has 7 rings (SSSR count). The molecule has 0 amide bonds. The van der Waals surface area contributed by atoms with Crippen molar-refractivity contribution < 1.29 is 26.3 Å². The zero-order chi connectivity index (χ0) is 38.0. The van der Waals surface area contributed by atoms with E-state index in [4.69, 9.17) is 10.8 Å². The van der Waals surface area contributed by atoms with E-state index in [1.54, 1.807) is 24.3 Å². The second kappa shape index (κ2) is 14.8. The Balaban J connectivity index is 1.20. The highest BCUT2D eigenvalue weighted by Crippen LogP contribution is 2.39. The van der Waals surface area contributed by atoms with Crippen LogP contribution >= 0.6 is 23.1 Å². The van der Waals surface area contributed by atoms with Crippen LogP contribution in [0.4, 0.5) is 26.3 Å². The lowest BCUT2D eigenvalue weighted by Gasteiger charge is -2.13. The van der Waals surface area contributed by atoms with Crippen molar-refractivity contribution in [3.05, 3.63) is 156 Å². The number of hydrogen-bond donors (Lipinski definition) is 2. The van der Waals surface area contributed by atoms with E-state index in [1.165, 1.54) is 72.0 Å². The molecule has 0 bridgehead atoms. The lowest BCUT2D eigenvalue weighted by Crippen LogP contribution is -2.08. The number of pyridine rings is 2. The minimum atomic E-state index is -4.60. The lowest BCUT2D eigenvalue weighted by molar-refractivity contribution is -0.137. The summed E-state index contributed by atoms with van der Waals surface area (Å²) in [6, 6.07) is 34.3. The standard InChI is InChI=1S/C40H24F6N6S2/c41-39(42,43)29-14-6-4-12-27(29)31-16-8-18-33(49-31)36(48)53-35(47)25-20-24(23-10-2-1-3-11-23)21-26(22-25)37-51-52-38(54-37)34-19-9-17-32(50-34)28-13-5-7-15-30(28)40(44,45)46/h1-22,47-48H. The van der Waals surface area contributed by atoms with E-state index in [0.717, 1.165) is 35.0 Å². The molecule has 0 aliphatic heterocycles. The Morgan fingerprint density at radius 3 is 1.69 bits per heavy atom. The van der Waals surface area contributed by atoms with Gasteiger partial charge in [0.25, 0.3) is 0 Å². The highest BCUT2D eigenvalue weighted by molar-refractivity contribution is 8.27. The van der Waals surface area contributed by atoms with Gasteiger partial charge in [-0.3, -0.25) is 10.8 Å². The third-order valence-electron chi connectivity index (χ3n) is 8.15. The maximum atomic E-state index is 13.8. The van der Waals surface area contributed by atoms with E-state index in [0.29, 0.717) is 26.8 Å². The van der Waals surface area contributed by atoms with Gasteiger partial charge < -0.3 is 0 Å². The van der Waals surface area contributed by atoms with Crippen LogP contribution in [0, 0.1) is 10.8 Å². The Kier molecular flexibility index (Phi) is 9.97. The first-order chi connectivity index (χ1) is 25.8. The van der Waals surface area contributed by atoms with Gasteiger partial charge in [-0.25, -0.2) is 9.97 Å². The molecule has 54 heavy (non-hydrogen) atoms. The van der Waals surface area contributed by atoms with E-state index in [1.807, 2.05) is 36.4 Å². The molecule has 6 nitrogen and oxygen atoms in total. The van der Waals surface area contributed by atoms with Crippen molar-refractivity contribution in [3.8, 4) is 54.9 Å². The number of aromatic nitrogens is 4. The maximum Gasteiger partial charge on any atom is 0.417 e. The molecule has 0 fully saturated rings. The zero-order valence-corrected chi connectivity index (χ0v) is 29.2. The molecule has 0 aliphatic carbocycles. The first kappa shape index (κ1) is 36.4. The SMILES string of the molecule is N=C(SC(=N)c1cccc(-c2ccccc2C(F)(F)F)n1)c1cc(-c2ccccc2)cc(-c2nnc(-c3cccc(-c4ccccc4C(F)(F)F)n3)s2)c1. The summed E-state index contributed by atoms with van der Waals surface area (Å²) in [5.41, 5.74) is 1.37. The summed E-state index contributed by atoms with van der Waals surface area (Å²) in [6.45, 7) is 0. The van der Waals surface area contributed by atoms with Crippen LogP contribution in [0.25, 0.3) is 54.9 Å². The quantitative estimate of drug-likeness (QED) is 0.0956. The Morgan fingerprint density at radius 1 is 0.500 bits per heavy atom. The lowest BCUT2D eigenvalue weighted by atomic mass is 10.0. The van der Waals surface area contributed by atoms with E-state index in [-0.39, 0.29) is 38.3 Å². The molecule has 0 saturated heterocycles. The molecule has 0 spiro atoms. The van der Waals surface area contributed by atoms with Crippen molar-refractivity contribution in [2.75, 3.05) is 0 Å². The van der Waals surface area contributed by atoms with E-state index >= 15 is 0 Å². The van der Waals surface area contributed by atoms with E-state index in [9.17, 15) is 26.3 Å². The Bertz CT molecular complexity index is 2510. The van der Waals surface area contributed by atoms with Crippen LogP contribution in [-0.2, 0) is 12.4 Å². The molecule has 0 unspecified atom stereocenters. The molecule has 14 heteroatoms. The molecule has 4 aromatic carbocycles. The van der Waals surface area contributed by atoms with Crippen LogP contribution in [0.15, 0.2) is 133 Å². The number of hydrogen-bond acceptors (Lipinski definition) is 8. The van der Waals surface area contributed by atoms with Crippen LogP contribution in [0.3, 0.4) is 0 Å². The minimum absolute atomic E-state index is 0.0237. The number of alkyl halides is 6. The molecule has 0 saturated carbocycles. The van der Waals surface area contributed by atoms with Crippen LogP contribution in [0.2, 0.25) is 0 Å². The summed E-state index contributed by atoms with van der Waals surface area (Å²) < 4.78 is 82.5. The van der Waals surface area contributed by atoms with Gasteiger partial charge in [0.05, 0.1) is 28.2 Å². The van der Waals surface area contributed by atoms with Gasteiger partial charge in [0, 0.05) is 22.3 Å². The molecule has 7 aromatic rings. The van der Waals surface area contributed by atoms with Gasteiger partial charge in [0.15, 0.2) is 5.01 Å². The number of thioether (sulfide) groups is 1. The highest BCUT2D eigenvalue weighted by atomic mass is 32.2. The molecule has 0 radical (unpaired) electrons. The zero-order valence-electron chi connectivity index (χ0n) is 27.6. The van der Waals surface area contributed by atoms with Crippen molar-refractivity contribution in [2.45, 2.75) is 12.4 Å². The second-order valence-corrected chi connectivity index (χ2v) is 13.7. The van der Waals surface area contributed by atoms with Gasteiger partial charge in [-0.05, 0) is 77.5 Å². The topological polar surface area (TPSA) is 99.3 Å². The maximum absolute atomic E-state index is 13.8. The molecular formula is C40H24F6N6S2. The number of rotatable bonds is 7. The summed E-state index contributed by atoms with van der Waals surface area (Å²) in [5, 5.41) is 27.1. The van der Waals surface area contributed by atoms with Gasteiger partial charge in [0.2, 0.25) is 0 Å². The second-order valence-electron chi connectivity index (χ2n) is 11.7. The van der Waals surface area contributed by atoms with Gasteiger partial charge in [-0.2, -0.15) is 26.3 Å². The van der Waals surface area contributed by atoms with Gasteiger partial charge in [-0.1, -0.05) is 90.2 Å². The third-order valence-corrected chi connectivity index (χ3v) is 9.99. The fourth-order valence-corrected chi connectivity index (χ4v) is 7.12. The molecule has 268 valence electrons. The van der Waals surface area contributed by atoms with Crippen LogP contribution in [-0.4, -0.2) is 30.3 Å². The average molecular weight is 767 g/mol.